The summed E-state index contributed by atoms with van der Waals surface area (Å²) in [5, 5.41) is 8.92. The quantitative estimate of drug-likeness (QED) is 0.925. The van der Waals surface area contributed by atoms with Crippen LogP contribution < -0.4 is 0 Å². The Morgan fingerprint density at radius 2 is 2.22 bits per heavy atom. The largest absolute Gasteiger partial charge is 0.478 e. The van der Waals surface area contributed by atoms with E-state index in [-0.39, 0.29) is 0 Å². The minimum Gasteiger partial charge on any atom is -0.478 e. The summed E-state index contributed by atoms with van der Waals surface area (Å²) in [5.74, 6) is 1.55. The first-order valence-electron chi connectivity index (χ1n) is 5.98. The SMILES string of the molecule is O=C(O)c1ccc(CN2CCCSCC2)c(Br)c1. The molecule has 3 nitrogen and oxygen atoms in total. The van der Waals surface area contributed by atoms with E-state index >= 15 is 0 Å². The Morgan fingerprint density at radius 1 is 1.39 bits per heavy atom. The van der Waals surface area contributed by atoms with Gasteiger partial charge in [0.05, 0.1) is 5.56 Å². The fourth-order valence-electron chi connectivity index (χ4n) is 2.01. The lowest BCUT2D eigenvalue weighted by Gasteiger charge is -2.20. The van der Waals surface area contributed by atoms with Crippen LogP contribution in [0, 0.1) is 0 Å². The number of halogens is 1. The van der Waals surface area contributed by atoms with E-state index in [0.717, 1.165) is 29.7 Å². The lowest BCUT2D eigenvalue weighted by molar-refractivity contribution is 0.0697. The van der Waals surface area contributed by atoms with Crippen molar-refractivity contribution in [3.05, 3.63) is 33.8 Å². The third kappa shape index (κ3) is 3.73. The van der Waals surface area contributed by atoms with E-state index in [1.54, 1.807) is 12.1 Å². The van der Waals surface area contributed by atoms with Gasteiger partial charge in [-0.15, -0.1) is 0 Å². The van der Waals surface area contributed by atoms with Gasteiger partial charge in [-0.05, 0) is 36.4 Å². The van der Waals surface area contributed by atoms with Gasteiger partial charge in [0.25, 0.3) is 0 Å². The van der Waals surface area contributed by atoms with E-state index in [1.165, 1.54) is 17.9 Å². The summed E-state index contributed by atoms with van der Waals surface area (Å²) in [6, 6.07) is 5.27. The number of carbonyl (C=O) groups is 1. The molecule has 0 unspecified atom stereocenters. The fourth-order valence-corrected chi connectivity index (χ4v) is 3.43. The summed E-state index contributed by atoms with van der Waals surface area (Å²) < 4.78 is 0.888. The van der Waals surface area contributed by atoms with Crippen molar-refractivity contribution in [2.75, 3.05) is 24.6 Å². The predicted octanol–water partition coefficient (Wildman–Crippen LogP) is 3.09. The Morgan fingerprint density at radius 3 is 2.94 bits per heavy atom. The van der Waals surface area contributed by atoms with E-state index < -0.39 is 5.97 Å². The predicted molar refractivity (Wildman–Crippen MR) is 78.3 cm³/mol. The van der Waals surface area contributed by atoms with Crippen molar-refractivity contribution in [3.8, 4) is 0 Å². The third-order valence-corrected chi connectivity index (χ3v) is 4.80. The molecule has 0 radical (unpaired) electrons. The number of thioether (sulfide) groups is 1. The minimum atomic E-state index is -0.881. The number of nitrogens with zero attached hydrogens (tertiary/aromatic N) is 1. The second-order valence-corrected chi connectivity index (χ2v) is 6.43. The van der Waals surface area contributed by atoms with Gasteiger partial charge in [-0.1, -0.05) is 22.0 Å². The van der Waals surface area contributed by atoms with Gasteiger partial charge in [-0.3, -0.25) is 4.90 Å². The van der Waals surface area contributed by atoms with Crippen molar-refractivity contribution >= 4 is 33.7 Å². The number of carboxylic acids is 1. The average Bonchev–Trinajstić information content (AvgIpc) is 2.60. The molecule has 0 aromatic heterocycles. The summed E-state index contributed by atoms with van der Waals surface area (Å²) in [4.78, 5) is 13.3. The van der Waals surface area contributed by atoms with E-state index in [0.29, 0.717) is 5.56 Å². The molecule has 0 atom stereocenters. The number of benzene rings is 1. The molecule has 1 heterocycles. The van der Waals surface area contributed by atoms with Gasteiger partial charge in [0.2, 0.25) is 0 Å². The third-order valence-electron chi connectivity index (χ3n) is 3.01. The first-order valence-corrected chi connectivity index (χ1v) is 7.93. The highest BCUT2D eigenvalue weighted by Gasteiger charge is 2.12. The van der Waals surface area contributed by atoms with Crippen molar-refractivity contribution in [2.24, 2.45) is 0 Å². The van der Waals surface area contributed by atoms with Gasteiger partial charge >= 0.3 is 5.97 Å². The van der Waals surface area contributed by atoms with Crippen molar-refractivity contribution in [3.63, 3.8) is 0 Å². The number of carboxylic acid groups (broad SMARTS) is 1. The zero-order valence-corrected chi connectivity index (χ0v) is 12.5. The van der Waals surface area contributed by atoms with Gasteiger partial charge in [0, 0.05) is 23.3 Å². The average molecular weight is 330 g/mol. The fraction of sp³-hybridized carbons (Fsp3) is 0.462. The van der Waals surface area contributed by atoms with Crippen LogP contribution in [0.15, 0.2) is 22.7 Å². The zero-order chi connectivity index (χ0) is 13.0. The molecule has 0 spiro atoms. The second-order valence-electron chi connectivity index (χ2n) is 4.35. The van der Waals surface area contributed by atoms with Gasteiger partial charge < -0.3 is 5.11 Å². The Kier molecular flexibility index (Phi) is 5.09. The molecule has 1 aliphatic heterocycles. The molecule has 0 amide bonds. The summed E-state index contributed by atoms with van der Waals surface area (Å²) in [5.41, 5.74) is 1.49. The maximum Gasteiger partial charge on any atom is 0.335 e. The van der Waals surface area contributed by atoms with Crippen LogP contribution in [0.1, 0.15) is 22.3 Å². The summed E-state index contributed by atoms with van der Waals surface area (Å²) in [6.07, 6.45) is 1.23. The van der Waals surface area contributed by atoms with Crippen LogP contribution in [-0.2, 0) is 6.54 Å². The summed E-state index contributed by atoms with van der Waals surface area (Å²) in [6.45, 7) is 3.12. The zero-order valence-electron chi connectivity index (χ0n) is 10.1. The molecule has 5 heteroatoms. The lowest BCUT2D eigenvalue weighted by atomic mass is 10.1. The first-order chi connectivity index (χ1) is 8.66. The maximum absolute atomic E-state index is 10.9. The Balaban J connectivity index is 2.06. The van der Waals surface area contributed by atoms with E-state index in [2.05, 4.69) is 20.8 Å². The van der Waals surface area contributed by atoms with Gasteiger partial charge in [-0.25, -0.2) is 4.79 Å². The second kappa shape index (κ2) is 6.59. The molecule has 0 saturated carbocycles. The van der Waals surface area contributed by atoms with E-state index in [1.807, 2.05) is 17.8 Å². The number of rotatable bonds is 3. The number of aromatic carboxylic acids is 1. The van der Waals surface area contributed by atoms with Crippen LogP contribution in [0.3, 0.4) is 0 Å². The van der Waals surface area contributed by atoms with Crippen molar-refractivity contribution in [1.82, 2.24) is 4.90 Å². The highest BCUT2D eigenvalue weighted by Crippen LogP contribution is 2.21. The number of hydrogen-bond donors (Lipinski definition) is 1. The summed E-state index contributed by atoms with van der Waals surface area (Å²) in [7, 11) is 0. The molecule has 0 aliphatic carbocycles. The normalized spacial score (nSPS) is 17.4. The maximum atomic E-state index is 10.9. The number of hydrogen-bond acceptors (Lipinski definition) is 3. The van der Waals surface area contributed by atoms with Crippen molar-refractivity contribution in [2.45, 2.75) is 13.0 Å². The van der Waals surface area contributed by atoms with Crippen molar-refractivity contribution in [1.29, 1.82) is 0 Å². The molecule has 1 aromatic carbocycles. The van der Waals surface area contributed by atoms with Crippen LogP contribution in [0.25, 0.3) is 0 Å². The lowest BCUT2D eigenvalue weighted by Crippen LogP contribution is -2.25. The minimum absolute atomic E-state index is 0.331. The smallest absolute Gasteiger partial charge is 0.335 e. The van der Waals surface area contributed by atoms with Crippen LogP contribution in [0.5, 0.6) is 0 Å². The van der Waals surface area contributed by atoms with Crippen LogP contribution in [-0.4, -0.2) is 40.6 Å². The first kappa shape index (κ1) is 13.9. The Bertz CT molecular complexity index is 431. The molecule has 1 aliphatic rings. The molecule has 0 bridgehead atoms. The van der Waals surface area contributed by atoms with Crippen LogP contribution in [0.2, 0.25) is 0 Å². The van der Waals surface area contributed by atoms with Crippen LogP contribution in [0.4, 0.5) is 0 Å². The van der Waals surface area contributed by atoms with Gasteiger partial charge in [-0.2, -0.15) is 11.8 Å². The summed E-state index contributed by atoms with van der Waals surface area (Å²) >= 11 is 5.48. The highest BCUT2D eigenvalue weighted by atomic mass is 79.9. The molecule has 98 valence electrons. The molecular weight excluding hydrogens is 314 g/mol. The topological polar surface area (TPSA) is 40.5 Å². The molecule has 2 rings (SSSR count). The van der Waals surface area contributed by atoms with Gasteiger partial charge in [0.1, 0.15) is 0 Å². The molecular formula is C13H16BrNO2S. The molecule has 1 fully saturated rings. The van der Waals surface area contributed by atoms with E-state index in [9.17, 15) is 4.79 Å². The standard InChI is InChI=1S/C13H16BrNO2S/c14-12-8-10(13(16)17)2-3-11(12)9-15-4-1-6-18-7-5-15/h2-3,8H,1,4-7,9H2,(H,16,17). The van der Waals surface area contributed by atoms with Crippen molar-refractivity contribution < 1.29 is 9.90 Å². The molecule has 18 heavy (non-hydrogen) atoms. The Labute approximate surface area is 120 Å². The van der Waals surface area contributed by atoms with Crippen LogP contribution >= 0.6 is 27.7 Å². The van der Waals surface area contributed by atoms with E-state index in [4.69, 9.17) is 5.11 Å². The highest BCUT2D eigenvalue weighted by molar-refractivity contribution is 9.10. The Hall–Kier alpha value is -0.520. The molecule has 1 aromatic rings. The monoisotopic (exact) mass is 329 g/mol. The molecule has 1 saturated heterocycles. The molecule has 1 N–H and O–H groups in total. The van der Waals surface area contributed by atoms with Gasteiger partial charge in [0.15, 0.2) is 0 Å².